The number of esters is 1. The number of nitrogens with zero attached hydrogens (tertiary/aromatic N) is 1. The van der Waals surface area contributed by atoms with Gasteiger partial charge in [0.05, 0.1) is 13.7 Å². The lowest BCUT2D eigenvalue weighted by molar-refractivity contribution is -0.161. The molecule has 4 nitrogen and oxygen atoms in total. The van der Waals surface area contributed by atoms with Crippen molar-refractivity contribution in [2.24, 2.45) is 0 Å². The summed E-state index contributed by atoms with van der Waals surface area (Å²) in [6, 6.07) is 0.657. The van der Waals surface area contributed by atoms with Gasteiger partial charge in [-0.15, -0.1) is 0 Å². The third-order valence-corrected chi connectivity index (χ3v) is 3.65. The Morgan fingerprint density at radius 1 is 1.31 bits per heavy atom. The third-order valence-electron chi connectivity index (χ3n) is 3.65. The van der Waals surface area contributed by atoms with Gasteiger partial charge < -0.3 is 9.47 Å². The molecule has 4 heteroatoms. The second-order valence-corrected chi connectivity index (χ2v) is 4.67. The van der Waals surface area contributed by atoms with Gasteiger partial charge in [0.15, 0.2) is 6.10 Å². The van der Waals surface area contributed by atoms with Crippen molar-refractivity contribution in [1.29, 1.82) is 0 Å². The van der Waals surface area contributed by atoms with E-state index in [1.165, 1.54) is 39.2 Å². The van der Waals surface area contributed by atoms with Crippen molar-refractivity contribution in [3.05, 3.63) is 0 Å². The van der Waals surface area contributed by atoms with E-state index in [9.17, 15) is 4.79 Å². The fraction of sp³-hybridized carbons (Fsp3) is 0.917. The first-order valence-corrected chi connectivity index (χ1v) is 6.24. The molecule has 1 atom stereocenters. The molecule has 2 rings (SSSR count). The van der Waals surface area contributed by atoms with Crippen LogP contribution in [0.25, 0.3) is 0 Å². The van der Waals surface area contributed by atoms with Crippen molar-refractivity contribution >= 4 is 5.97 Å². The summed E-state index contributed by atoms with van der Waals surface area (Å²) >= 11 is 0. The van der Waals surface area contributed by atoms with Crippen LogP contribution in [0.4, 0.5) is 0 Å². The first-order valence-electron chi connectivity index (χ1n) is 6.24. The van der Waals surface area contributed by atoms with Crippen LogP contribution >= 0.6 is 0 Å². The highest BCUT2D eigenvalue weighted by atomic mass is 16.6. The van der Waals surface area contributed by atoms with E-state index in [-0.39, 0.29) is 12.1 Å². The molecule has 0 aromatic rings. The maximum atomic E-state index is 11.4. The highest BCUT2D eigenvalue weighted by molar-refractivity contribution is 5.74. The molecule has 0 spiro atoms. The number of hydrogen-bond donors (Lipinski definition) is 0. The number of carbonyl (C=O) groups is 1. The molecule has 1 saturated heterocycles. The molecule has 1 unspecified atom stereocenters. The molecule has 92 valence electrons. The van der Waals surface area contributed by atoms with Crippen LogP contribution in [0.3, 0.4) is 0 Å². The van der Waals surface area contributed by atoms with E-state index < -0.39 is 0 Å². The normalized spacial score (nSPS) is 28.9. The van der Waals surface area contributed by atoms with Crippen LogP contribution in [0.1, 0.15) is 32.1 Å². The summed E-state index contributed by atoms with van der Waals surface area (Å²) in [5.41, 5.74) is 0. The van der Waals surface area contributed by atoms with Crippen LogP contribution < -0.4 is 0 Å². The van der Waals surface area contributed by atoms with Gasteiger partial charge in [0.1, 0.15) is 0 Å². The molecule has 1 heterocycles. The summed E-state index contributed by atoms with van der Waals surface area (Å²) in [5.74, 6) is -0.236. The van der Waals surface area contributed by atoms with Gasteiger partial charge in [-0.3, -0.25) is 4.90 Å². The van der Waals surface area contributed by atoms with Gasteiger partial charge in [-0.1, -0.05) is 19.3 Å². The lowest BCUT2D eigenvalue weighted by atomic mass is 9.93. The number of rotatable bonds is 2. The molecule has 16 heavy (non-hydrogen) atoms. The molecule has 0 bridgehead atoms. The van der Waals surface area contributed by atoms with Crippen LogP contribution in [0.15, 0.2) is 0 Å². The maximum Gasteiger partial charge on any atom is 0.336 e. The summed E-state index contributed by atoms with van der Waals surface area (Å²) in [6.45, 7) is 2.31. The molecule has 2 aliphatic rings. The average molecular weight is 227 g/mol. The van der Waals surface area contributed by atoms with Gasteiger partial charge in [0.2, 0.25) is 0 Å². The zero-order valence-corrected chi connectivity index (χ0v) is 9.98. The topological polar surface area (TPSA) is 38.8 Å². The van der Waals surface area contributed by atoms with Crippen LogP contribution in [0.2, 0.25) is 0 Å². The Hall–Kier alpha value is -0.610. The monoisotopic (exact) mass is 227 g/mol. The fourth-order valence-electron chi connectivity index (χ4n) is 2.72. The molecule has 2 fully saturated rings. The zero-order chi connectivity index (χ0) is 11.4. The van der Waals surface area contributed by atoms with Gasteiger partial charge in [-0.2, -0.15) is 0 Å². The summed E-state index contributed by atoms with van der Waals surface area (Å²) in [7, 11) is 1.42. The minimum Gasteiger partial charge on any atom is -0.467 e. The zero-order valence-electron chi connectivity index (χ0n) is 9.98. The lowest BCUT2D eigenvalue weighted by Gasteiger charge is -2.38. The predicted octanol–water partition coefficient (Wildman–Crippen LogP) is 1.19. The Morgan fingerprint density at radius 2 is 2.06 bits per heavy atom. The number of ether oxygens (including phenoxy) is 2. The SMILES string of the molecule is COC(=O)C1CN(C2CCCCC2)CCO1. The Bertz CT molecular complexity index is 238. The van der Waals surface area contributed by atoms with Crippen molar-refractivity contribution in [2.45, 2.75) is 44.2 Å². The largest absolute Gasteiger partial charge is 0.467 e. The van der Waals surface area contributed by atoms with Gasteiger partial charge >= 0.3 is 5.97 Å². The van der Waals surface area contributed by atoms with Gasteiger partial charge in [0.25, 0.3) is 0 Å². The molecule has 0 N–H and O–H groups in total. The van der Waals surface area contributed by atoms with Crippen LogP contribution in [-0.4, -0.2) is 49.8 Å². The van der Waals surface area contributed by atoms with Crippen LogP contribution in [0.5, 0.6) is 0 Å². The first-order chi connectivity index (χ1) is 7.81. The molecule has 1 aliphatic heterocycles. The molecular formula is C12H21NO3. The number of carbonyl (C=O) groups excluding carboxylic acids is 1. The van der Waals surface area contributed by atoms with E-state index >= 15 is 0 Å². The molecular weight excluding hydrogens is 206 g/mol. The van der Waals surface area contributed by atoms with E-state index in [0.29, 0.717) is 19.2 Å². The highest BCUT2D eigenvalue weighted by Gasteiger charge is 2.31. The number of morpholine rings is 1. The summed E-state index contributed by atoms with van der Waals surface area (Å²) < 4.78 is 10.2. The fourth-order valence-corrected chi connectivity index (χ4v) is 2.72. The van der Waals surface area contributed by atoms with Gasteiger partial charge in [-0.25, -0.2) is 4.79 Å². The third kappa shape index (κ3) is 2.74. The van der Waals surface area contributed by atoms with Gasteiger partial charge in [0, 0.05) is 19.1 Å². The standard InChI is InChI=1S/C12H21NO3/c1-15-12(14)11-9-13(7-8-16-11)10-5-3-2-4-6-10/h10-11H,2-9H2,1H3. The molecule has 0 aromatic carbocycles. The molecule has 0 aromatic heterocycles. The molecule has 1 aliphatic carbocycles. The Labute approximate surface area is 96.9 Å². The quantitative estimate of drug-likeness (QED) is 0.664. The van der Waals surface area contributed by atoms with E-state index in [1.54, 1.807) is 0 Å². The second kappa shape index (κ2) is 5.64. The number of methoxy groups -OCH3 is 1. The summed E-state index contributed by atoms with van der Waals surface area (Å²) in [6.07, 6.45) is 6.18. The van der Waals surface area contributed by atoms with E-state index in [4.69, 9.17) is 9.47 Å². The van der Waals surface area contributed by atoms with Crippen molar-refractivity contribution in [1.82, 2.24) is 4.90 Å². The van der Waals surface area contributed by atoms with Crippen molar-refractivity contribution in [3.8, 4) is 0 Å². The van der Waals surface area contributed by atoms with Gasteiger partial charge in [-0.05, 0) is 12.8 Å². The van der Waals surface area contributed by atoms with Crippen molar-refractivity contribution < 1.29 is 14.3 Å². The van der Waals surface area contributed by atoms with E-state index in [2.05, 4.69) is 4.90 Å². The summed E-state index contributed by atoms with van der Waals surface area (Å²) in [5, 5.41) is 0. The van der Waals surface area contributed by atoms with Crippen LogP contribution in [0, 0.1) is 0 Å². The highest BCUT2D eigenvalue weighted by Crippen LogP contribution is 2.24. The lowest BCUT2D eigenvalue weighted by Crippen LogP contribution is -2.50. The predicted molar refractivity (Wildman–Crippen MR) is 60.2 cm³/mol. The van der Waals surface area contributed by atoms with Crippen molar-refractivity contribution in [2.75, 3.05) is 26.8 Å². The molecule has 0 radical (unpaired) electrons. The van der Waals surface area contributed by atoms with E-state index in [1.807, 2.05) is 0 Å². The molecule has 1 saturated carbocycles. The first kappa shape index (κ1) is 11.9. The average Bonchev–Trinajstić information content (AvgIpc) is 2.39. The smallest absolute Gasteiger partial charge is 0.336 e. The Morgan fingerprint density at radius 3 is 2.75 bits per heavy atom. The van der Waals surface area contributed by atoms with E-state index in [0.717, 1.165) is 6.54 Å². The minimum absolute atomic E-state index is 0.236. The number of hydrogen-bond acceptors (Lipinski definition) is 4. The molecule has 0 amide bonds. The van der Waals surface area contributed by atoms with Crippen LogP contribution in [-0.2, 0) is 14.3 Å². The maximum absolute atomic E-state index is 11.4. The second-order valence-electron chi connectivity index (χ2n) is 4.67. The van der Waals surface area contributed by atoms with Crippen molar-refractivity contribution in [3.63, 3.8) is 0 Å². The Balaban J connectivity index is 1.87. The summed E-state index contributed by atoms with van der Waals surface area (Å²) in [4.78, 5) is 13.8. The minimum atomic E-state index is -0.374. The Kier molecular flexibility index (Phi) is 4.18.